The molecule has 0 heterocycles. The van der Waals surface area contributed by atoms with E-state index in [9.17, 15) is 0 Å². The van der Waals surface area contributed by atoms with Crippen molar-refractivity contribution < 1.29 is 26.4 Å². The van der Waals surface area contributed by atoms with Crippen molar-refractivity contribution in [3.05, 3.63) is 20.3 Å². The minimum Gasteiger partial charge on any atom is -0.545 e. The van der Waals surface area contributed by atoms with E-state index in [2.05, 4.69) is 33.8 Å². The summed E-state index contributed by atoms with van der Waals surface area (Å²) < 4.78 is 0. The molecule has 0 aromatic rings. The average molecular weight is 244 g/mol. The van der Waals surface area contributed by atoms with E-state index in [1.807, 2.05) is 0 Å². The SMILES string of the molecule is [CH-]1CCCC1.[CH-]=O.[CH-]=O.[CH2-]C.[CH2-]C.[Co]. The molecule has 14 heavy (non-hydrogen) atoms. The van der Waals surface area contributed by atoms with Crippen molar-refractivity contribution >= 4 is 13.6 Å². The Morgan fingerprint density at radius 3 is 1.14 bits per heavy atom. The first-order valence-electron chi connectivity index (χ1n) is 4.20. The maximum atomic E-state index is 7.75. The summed E-state index contributed by atoms with van der Waals surface area (Å²) in [5.41, 5.74) is 0. The summed E-state index contributed by atoms with van der Waals surface area (Å²) in [6.07, 6.45) is 8.00. The molecule has 1 rings (SSSR count). The van der Waals surface area contributed by atoms with Crippen molar-refractivity contribution in [2.24, 2.45) is 0 Å². The summed E-state index contributed by atoms with van der Waals surface area (Å²) in [5.74, 6) is 0. The Morgan fingerprint density at radius 2 is 1.07 bits per heavy atom. The van der Waals surface area contributed by atoms with Crippen LogP contribution in [0.15, 0.2) is 0 Å². The molecule has 0 unspecified atom stereocenters. The van der Waals surface area contributed by atoms with E-state index in [0.717, 1.165) is 0 Å². The van der Waals surface area contributed by atoms with Crippen LogP contribution in [-0.4, -0.2) is 13.6 Å². The van der Waals surface area contributed by atoms with Gasteiger partial charge in [0, 0.05) is 16.8 Å². The zero-order valence-corrected chi connectivity index (χ0v) is 10.2. The van der Waals surface area contributed by atoms with Crippen LogP contribution in [0, 0.1) is 20.3 Å². The van der Waals surface area contributed by atoms with Crippen LogP contribution >= 0.6 is 0 Å². The van der Waals surface area contributed by atoms with Crippen LogP contribution in [0.3, 0.4) is 0 Å². The smallest absolute Gasteiger partial charge is 0 e. The fourth-order valence-electron chi connectivity index (χ4n) is 0.722. The van der Waals surface area contributed by atoms with Crippen molar-refractivity contribution in [1.29, 1.82) is 0 Å². The first-order chi connectivity index (χ1) is 6.50. The molecule has 0 aromatic heterocycles. The molecule has 1 saturated carbocycles. The first kappa shape index (κ1) is 29.2. The molecule has 1 fully saturated rings. The number of hydrogen-bond donors (Lipinski definition) is 0. The fraction of sp³-hybridized carbons (Fsp3) is 0.545. The van der Waals surface area contributed by atoms with Crippen LogP contribution in [-0.2, 0) is 26.4 Å². The Bertz CT molecular complexity index is 38.9. The standard InChI is InChI=1S/C5H9.2C2H5.2CHO.Co/c1-2-4-5-3-1;4*1-2;/h1H,2-5H2;2*1H2,2H3;2*1H;/q5*-1;. The summed E-state index contributed by atoms with van der Waals surface area (Å²) in [5, 5.41) is 0. The third kappa shape index (κ3) is 59.3. The van der Waals surface area contributed by atoms with Crippen molar-refractivity contribution in [3.63, 3.8) is 0 Å². The molecule has 1 aliphatic rings. The van der Waals surface area contributed by atoms with Gasteiger partial charge < -0.3 is 29.9 Å². The van der Waals surface area contributed by atoms with E-state index in [-0.39, 0.29) is 16.8 Å². The molecule has 0 bridgehead atoms. The largest absolute Gasteiger partial charge is 0.545 e. The zero-order chi connectivity index (χ0) is 11.5. The van der Waals surface area contributed by atoms with Gasteiger partial charge >= 0.3 is 0 Å². The van der Waals surface area contributed by atoms with Gasteiger partial charge in [-0.25, -0.2) is 0 Å². The van der Waals surface area contributed by atoms with Crippen molar-refractivity contribution in [2.45, 2.75) is 39.5 Å². The van der Waals surface area contributed by atoms with Crippen LogP contribution in [0.5, 0.6) is 0 Å². The predicted octanol–water partition coefficient (Wildman–Crippen LogP) is 2.89. The van der Waals surface area contributed by atoms with Crippen LogP contribution in [0.25, 0.3) is 0 Å². The second kappa shape index (κ2) is 76.8. The van der Waals surface area contributed by atoms with Crippen LogP contribution in [0.4, 0.5) is 0 Å². The molecule has 91 valence electrons. The molecule has 1 aliphatic carbocycles. The van der Waals surface area contributed by atoms with E-state index in [1.54, 1.807) is 13.8 Å². The van der Waals surface area contributed by atoms with E-state index >= 15 is 0 Å². The topological polar surface area (TPSA) is 34.1 Å². The summed E-state index contributed by atoms with van der Waals surface area (Å²) in [4.78, 5) is 15.5. The summed E-state index contributed by atoms with van der Waals surface area (Å²) in [7, 11) is 0. The zero-order valence-electron chi connectivity index (χ0n) is 9.12. The molecular formula is C11H21CoO2-5. The van der Waals surface area contributed by atoms with Gasteiger partial charge in [-0.1, -0.05) is 12.8 Å². The molecule has 0 aliphatic heterocycles. The quantitative estimate of drug-likeness (QED) is 0.485. The predicted molar refractivity (Wildman–Crippen MR) is 58.3 cm³/mol. The minimum absolute atomic E-state index is 0. The van der Waals surface area contributed by atoms with Gasteiger partial charge in [-0.15, -0.1) is 0 Å². The van der Waals surface area contributed by atoms with Gasteiger partial charge in [0.25, 0.3) is 0 Å². The third-order valence-electron chi connectivity index (χ3n) is 1.07. The second-order valence-electron chi connectivity index (χ2n) is 1.57. The van der Waals surface area contributed by atoms with E-state index in [1.165, 1.54) is 25.7 Å². The second-order valence-corrected chi connectivity index (χ2v) is 1.57. The summed E-state index contributed by atoms with van der Waals surface area (Å²) in [6.45, 7) is 16.5. The minimum atomic E-state index is 0. The maximum Gasteiger partial charge on any atom is 0 e. The Labute approximate surface area is 100 Å². The molecule has 1 radical (unpaired) electrons. The molecule has 0 amide bonds. The monoisotopic (exact) mass is 244 g/mol. The fourth-order valence-corrected chi connectivity index (χ4v) is 0.722. The first-order valence-corrected chi connectivity index (χ1v) is 4.20. The Kier molecular flexibility index (Phi) is 160. The van der Waals surface area contributed by atoms with E-state index in [4.69, 9.17) is 9.59 Å². The van der Waals surface area contributed by atoms with Crippen LogP contribution in [0.1, 0.15) is 39.5 Å². The molecule has 0 saturated heterocycles. The van der Waals surface area contributed by atoms with Gasteiger partial charge in [-0.2, -0.15) is 26.7 Å². The number of hydrogen-bond acceptors (Lipinski definition) is 2. The van der Waals surface area contributed by atoms with Crippen molar-refractivity contribution in [3.8, 4) is 0 Å². The Balaban J connectivity index is -0.0000000267. The molecular weight excluding hydrogens is 223 g/mol. The van der Waals surface area contributed by atoms with Gasteiger partial charge in [-0.05, 0) is 0 Å². The van der Waals surface area contributed by atoms with Gasteiger partial charge in [-0.3, -0.25) is 13.6 Å². The van der Waals surface area contributed by atoms with Gasteiger partial charge in [0.1, 0.15) is 0 Å². The van der Waals surface area contributed by atoms with E-state index < -0.39 is 0 Å². The maximum absolute atomic E-state index is 7.75. The molecule has 0 N–H and O–H groups in total. The number of carbonyl (C=O) groups excluding carboxylic acids is 2. The van der Waals surface area contributed by atoms with Crippen LogP contribution < -0.4 is 0 Å². The third-order valence-corrected chi connectivity index (χ3v) is 1.07. The average Bonchev–Trinajstić information content (AvgIpc) is 2.87. The van der Waals surface area contributed by atoms with E-state index in [0.29, 0.717) is 0 Å². The molecule has 0 atom stereocenters. The van der Waals surface area contributed by atoms with Crippen LogP contribution in [0.2, 0.25) is 0 Å². The normalized spacial score (nSPS) is 10.0. The Hall–Kier alpha value is -0.154. The molecule has 0 aromatic carbocycles. The summed E-state index contributed by atoms with van der Waals surface area (Å²) in [6, 6.07) is 0. The molecule has 2 nitrogen and oxygen atoms in total. The van der Waals surface area contributed by atoms with Gasteiger partial charge in [0.15, 0.2) is 0 Å². The number of rotatable bonds is 0. The summed E-state index contributed by atoms with van der Waals surface area (Å²) >= 11 is 0. The van der Waals surface area contributed by atoms with Crippen molar-refractivity contribution in [1.82, 2.24) is 0 Å². The van der Waals surface area contributed by atoms with Crippen molar-refractivity contribution in [2.75, 3.05) is 0 Å². The Morgan fingerprint density at radius 1 is 0.857 bits per heavy atom. The van der Waals surface area contributed by atoms with Gasteiger partial charge in [0.05, 0.1) is 0 Å². The van der Waals surface area contributed by atoms with Gasteiger partial charge in [0.2, 0.25) is 0 Å². The molecule has 3 heteroatoms. The molecule has 0 spiro atoms.